The molecule has 0 amide bonds. The summed E-state index contributed by atoms with van der Waals surface area (Å²) < 4.78 is 0.137. The summed E-state index contributed by atoms with van der Waals surface area (Å²) in [6.07, 6.45) is 1.16. The lowest BCUT2D eigenvalue weighted by atomic mass is 10.6. The van der Waals surface area contributed by atoms with E-state index < -0.39 is 0 Å². The van der Waals surface area contributed by atoms with Gasteiger partial charge in [0.15, 0.2) is 0 Å². The third-order valence-electron chi connectivity index (χ3n) is 0.918. The van der Waals surface area contributed by atoms with Crippen molar-refractivity contribution in [1.82, 2.24) is 9.97 Å². The Hall–Kier alpha value is -1.33. The highest BCUT2D eigenvalue weighted by atomic mass is 79.9. The highest BCUT2D eigenvalue weighted by molar-refractivity contribution is 9.10. The van der Waals surface area contributed by atoms with E-state index in [9.17, 15) is 4.79 Å². The molecule has 0 bridgehead atoms. The first kappa shape index (κ1) is 7.77. The molecule has 0 fully saturated rings. The van der Waals surface area contributed by atoms with Crippen molar-refractivity contribution in [3.8, 4) is 0 Å². The first-order valence-corrected chi connectivity index (χ1v) is 3.33. The number of aromatic nitrogens is 2. The van der Waals surface area contributed by atoms with Crippen LogP contribution in [0.2, 0.25) is 0 Å². The lowest BCUT2D eigenvalue weighted by Crippen LogP contribution is -2.05. The molecule has 0 unspecified atom stereocenters. The molecule has 1 rings (SSSR count). The third-order valence-corrected chi connectivity index (χ3v) is 1.63. The van der Waals surface area contributed by atoms with Crippen LogP contribution in [0.25, 0.3) is 10.4 Å². The van der Waals surface area contributed by atoms with Gasteiger partial charge in [-0.3, -0.25) is 4.79 Å². The van der Waals surface area contributed by atoms with Gasteiger partial charge in [-0.15, -0.1) is 0 Å². The summed E-state index contributed by atoms with van der Waals surface area (Å²) in [5, 5.41) is 3.17. The Bertz CT molecular complexity index is 365. The van der Waals surface area contributed by atoms with Gasteiger partial charge in [0.1, 0.15) is 10.3 Å². The van der Waals surface area contributed by atoms with E-state index in [4.69, 9.17) is 5.53 Å². The predicted molar refractivity (Wildman–Crippen MR) is 41.4 cm³/mol. The smallest absolute Gasteiger partial charge is 0.265 e. The second kappa shape index (κ2) is 3.18. The molecule has 1 aromatic rings. The maximum atomic E-state index is 10.8. The van der Waals surface area contributed by atoms with Gasteiger partial charge in [0.05, 0.1) is 6.33 Å². The second-order valence-electron chi connectivity index (χ2n) is 1.56. The lowest BCUT2D eigenvalue weighted by molar-refractivity contribution is 1.08. The molecule has 1 heterocycles. The van der Waals surface area contributed by atoms with Crippen LogP contribution >= 0.6 is 15.9 Å². The van der Waals surface area contributed by atoms with Crippen molar-refractivity contribution in [1.29, 1.82) is 0 Å². The van der Waals surface area contributed by atoms with Crippen molar-refractivity contribution in [2.45, 2.75) is 0 Å². The molecule has 11 heavy (non-hydrogen) atoms. The van der Waals surface area contributed by atoms with E-state index in [-0.39, 0.29) is 15.8 Å². The number of azide groups is 1. The van der Waals surface area contributed by atoms with E-state index in [2.05, 4.69) is 35.9 Å². The van der Waals surface area contributed by atoms with Gasteiger partial charge in [0, 0.05) is 4.91 Å². The summed E-state index contributed by atoms with van der Waals surface area (Å²) in [5.74, 6) is 0.0382. The molecule has 0 spiro atoms. The van der Waals surface area contributed by atoms with E-state index in [1.54, 1.807) is 0 Å². The van der Waals surface area contributed by atoms with Crippen LogP contribution in [-0.4, -0.2) is 9.97 Å². The summed E-state index contributed by atoms with van der Waals surface area (Å²) in [7, 11) is 0. The molecule has 0 radical (unpaired) electrons. The normalized spacial score (nSPS) is 8.82. The Morgan fingerprint density at radius 2 is 2.55 bits per heavy atom. The van der Waals surface area contributed by atoms with Gasteiger partial charge in [-0.1, -0.05) is 0 Å². The van der Waals surface area contributed by atoms with E-state index >= 15 is 0 Å². The van der Waals surface area contributed by atoms with Crippen LogP contribution in [0, 0.1) is 0 Å². The fourth-order valence-corrected chi connectivity index (χ4v) is 0.782. The molecule has 1 N–H and O–H groups in total. The molecule has 0 aliphatic carbocycles. The first-order chi connectivity index (χ1) is 5.25. The Morgan fingerprint density at radius 3 is 3.18 bits per heavy atom. The number of H-pyrrole nitrogens is 1. The SMILES string of the molecule is [N-]=[N+]=Nc1nc[nH]c(=O)c1Br. The molecule has 0 atom stereocenters. The van der Waals surface area contributed by atoms with Gasteiger partial charge in [0.25, 0.3) is 5.56 Å². The maximum absolute atomic E-state index is 10.8. The molecule has 0 saturated heterocycles. The first-order valence-electron chi connectivity index (χ1n) is 2.54. The number of hydrogen-bond acceptors (Lipinski definition) is 3. The summed E-state index contributed by atoms with van der Waals surface area (Å²) >= 11 is 2.91. The van der Waals surface area contributed by atoms with Gasteiger partial charge in [0.2, 0.25) is 0 Å². The van der Waals surface area contributed by atoms with E-state index in [1.165, 1.54) is 0 Å². The minimum atomic E-state index is -0.373. The Kier molecular flexibility index (Phi) is 2.25. The van der Waals surface area contributed by atoms with Crippen molar-refractivity contribution in [3.05, 3.63) is 31.6 Å². The van der Waals surface area contributed by atoms with Crippen LogP contribution in [-0.2, 0) is 0 Å². The number of hydrogen-bond donors (Lipinski definition) is 1. The molecule has 0 saturated carbocycles. The van der Waals surface area contributed by atoms with Crippen molar-refractivity contribution in [2.75, 3.05) is 0 Å². The zero-order valence-corrected chi connectivity index (χ0v) is 6.74. The molecule has 56 valence electrons. The number of nitrogens with one attached hydrogen (secondary N) is 1. The minimum Gasteiger partial charge on any atom is -0.312 e. The molecule has 1 aromatic heterocycles. The fraction of sp³-hybridized carbons (Fsp3) is 0. The average Bonchev–Trinajstić information content (AvgIpc) is 1.99. The monoisotopic (exact) mass is 215 g/mol. The van der Waals surface area contributed by atoms with E-state index in [0.29, 0.717) is 0 Å². The molecule has 0 aliphatic heterocycles. The van der Waals surface area contributed by atoms with Crippen LogP contribution in [0.4, 0.5) is 5.82 Å². The van der Waals surface area contributed by atoms with Crippen molar-refractivity contribution in [2.24, 2.45) is 5.11 Å². The quantitative estimate of drug-likeness (QED) is 0.437. The Balaban J connectivity index is 3.38. The highest BCUT2D eigenvalue weighted by Gasteiger charge is 2.00. The van der Waals surface area contributed by atoms with E-state index in [0.717, 1.165) is 6.33 Å². The van der Waals surface area contributed by atoms with Gasteiger partial charge < -0.3 is 4.98 Å². The lowest BCUT2D eigenvalue weighted by Gasteiger charge is -1.90. The minimum absolute atomic E-state index is 0.0382. The number of rotatable bonds is 1. The van der Waals surface area contributed by atoms with Gasteiger partial charge in [-0.2, -0.15) is 0 Å². The number of nitrogens with zero attached hydrogens (tertiary/aromatic N) is 4. The topological polar surface area (TPSA) is 94.5 Å². The largest absolute Gasteiger partial charge is 0.312 e. The highest BCUT2D eigenvalue weighted by Crippen LogP contribution is 2.16. The molecule has 7 heteroatoms. The standard InChI is InChI=1S/C4H2BrN5O/c5-2-3(9-10-6)7-1-8-4(2)11/h1H,(H,7,8,11). The number of aromatic amines is 1. The van der Waals surface area contributed by atoms with Gasteiger partial charge >= 0.3 is 0 Å². The Morgan fingerprint density at radius 1 is 1.82 bits per heavy atom. The maximum Gasteiger partial charge on any atom is 0.265 e. The van der Waals surface area contributed by atoms with E-state index in [1.807, 2.05) is 0 Å². The predicted octanol–water partition coefficient (Wildman–Crippen LogP) is 1.47. The zero-order valence-electron chi connectivity index (χ0n) is 5.15. The summed E-state index contributed by atoms with van der Waals surface area (Å²) in [6, 6.07) is 0. The Labute approximate surface area is 69.0 Å². The molecule has 0 aliphatic rings. The van der Waals surface area contributed by atoms with Crippen molar-refractivity contribution < 1.29 is 0 Å². The van der Waals surface area contributed by atoms with Crippen LogP contribution in [0.1, 0.15) is 0 Å². The van der Waals surface area contributed by atoms with Crippen LogP contribution in [0.15, 0.2) is 20.7 Å². The number of halogens is 1. The molecular formula is C4H2BrN5O. The van der Waals surface area contributed by atoms with Crippen LogP contribution in [0.5, 0.6) is 0 Å². The molecule has 0 aromatic carbocycles. The van der Waals surface area contributed by atoms with Gasteiger partial charge in [-0.25, -0.2) is 4.98 Å². The van der Waals surface area contributed by atoms with Gasteiger partial charge in [-0.05, 0) is 26.6 Å². The van der Waals surface area contributed by atoms with Crippen molar-refractivity contribution >= 4 is 21.7 Å². The molecular weight excluding hydrogens is 214 g/mol. The summed E-state index contributed by atoms with van der Waals surface area (Å²) in [5.41, 5.74) is 7.65. The summed E-state index contributed by atoms with van der Waals surface area (Å²) in [6.45, 7) is 0. The zero-order chi connectivity index (χ0) is 8.27. The third kappa shape index (κ3) is 1.57. The molecule has 6 nitrogen and oxygen atoms in total. The van der Waals surface area contributed by atoms with Crippen LogP contribution < -0.4 is 5.56 Å². The average molecular weight is 216 g/mol. The second-order valence-corrected chi connectivity index (χ2v) is 2.35. The summed E-state index contributed by atoms with van der Waals surface area (Å²) in [4.78, 5) is 19.2. The fourth-order valence-electron chi connectivity index (χ4n) is 0.486. The van der Waals surface area contributed by atoms with Crippen LogP contribution in [0.3, 0.4) is 0 Å². The van der Waals surface area contributed by atoms with Crippen molar-refractivity contribution in [3.63, 3.8) is 0 Å².